The summed E-state index contributed by atoms with van der Waals surface area (Å²) >= 11 is 0. The minimum Gasteiger partial charge on any atom is -0.494 e. The molecule has 1 amide bonds. The van der Waals surface area contributed by atoms with Crippen molar-refractivity contribution in [2.75, 3.05) is 13.7 Å². The molecule has 1 rings (SSSR count). The van der Waals surface area contributed by atoms with E-state index in [-0.39, 0.29) is 11.7 Å². The number of nitrogens with zero attached hydrogens (tertiary/aromatic N) is 1. The van der Waals surface area contributed by atoms with Gasteiger partial charge in [-0.3, -0.25) is 4.79 Å². The van der Waals surface area contributed by atoms with Crippen molar-refractivity contribution >= 4 is 5.91 Å². The number of rotatable bonds is 5. The first-order chi connectivity index (χ1) is 8.12. The lowest BCUT2D eigenvalue weighted by Gasteiger charge is -2.20. The first kappa shape index (κ1) is 13.5. The van der Waals surface area contributed by atoms with Crippen molar-refractivity contribution in [2.45, 2.75) is 26.8 Å². The molecule has 0 aromatic heterocycles. The lowest BCUT2D eigenvalue weighted by atomic mass is 10.2. The number of carbonyl (C=O) groups is 1. The first-order valence-corrected chi connectivity index (χ1v) is 5.72. The number of amides is 1. The molecule has 0 heterocycles. The highest BCUT2D eigenvalue weighted by Gasteiger charge is 2.11. The molecule has 4 heteroatoms. The summed E-state index contributed by atoms with van der Waals surface area (Å²) in [4.78, 5) is 13.3. The zero-order valence-corrected chi connectivity index (χ0v) is 10.5. The Hall–Kier alpha value is -1.58. The summed E-state index contributed by atoms with van der Waals surface area (Å²) in [6.45, 7) is 4.79. The van der Waals surface area contributed by atoms with Gasteiger partial charge in [-0.1, -0.05) is 13.0 Å². The van der Waals surface area contributed by atoms with E-state index in [1.807, 2.05) is 13.8 Å². The van der Waals surface area contributed by atoms with Crippen molar-refractivity contribution in [3.05, 3.63) is 29.6 Å². The molecule has 0 spiro atoms. The summed E-state index contributed by atoms with van der Waals surface area (Å²) < 4.78 is 18.3. The number of ether oxygens (including phenoxy) is 1. The Morgan fingerprint density at radius 1 is 1.41 bits per heavy atom. The van der Waals surface area contributed by atoms with Crippen LogP contribution in [0, 0.1) is 5.82 Å². The van der Waals surface area contributed by atoms with Crippen LogP contribution in [-0.2, 0) is 11.3 Å². The van der Waals surface area contributed by atoms with Crippen molar-refractivity contribution in [2.24, 2.45) is 0 Å². The molecule has 0 bridgehead atoms. The van der Waals surface area contributed by atoms with E-state index in [0.717, 1.165) is 5.56 Å². The van der Waals surface area contributed by atoms with Crippen molar-refractivity contribution < 1.29 is 13.9 Å². The third kappa shape index (κ3) is 3.44. The van der Waals surface area contributed by atoms with Gasteiger partial charge in [0.05, 0.1) is 7.11 Å². The molecule has 3 nitrogen and oxygen atoms in total. The Morgan fingerprint density at radius 2 is 2.12 bits per heavy atom. The fourth-order valence-corrected chi connectivity index (χ4v) is 1.63. The predicted molar refractivity (Wildman–Crippen MR) is 64.3 cm³/mol. The van der Waals surface area contributed by atoms with Crippen LogP contribution in [0.5, 0.6) is 5.75 Å². The van der Waals surface area contributed by atoms with Crippen LogP contribution >= 0.6 is 0 Å². The minimum atomic E-state index is -0.398. The van der Waals surface area contributed by atoms with Gasteiger partial charge in [0.2, 0.25) is 5.91 Å². The molecule has 0 aliphatic heterocycles. The van der Waals surface area contributed by atoms with Gasteiger partial charge in [0.1, 0.15) is 0 Å². The van der Waals surface area contributed by atoms with Crippen LogP contribution in [0.15, 0.2) is 18.2 Å². The molecule has 0 saturated carbocycles. The van der Waals surface area contributed by atoms with Crippen molar-refractivity contribution in [1.29, 1.82) is 0 Å². The van der Waals surface area contributed by atoms with Crippen molar-refractivity contribution in [1.82, 2.24) is 4.90 Å². The van der Waals surface area contributed by atoms with E-state index in [1.165, 1.54) is 13.2 Å². The monoisotopic (exact) mass is 239 g/mol. The Bertz CT molecular complexity index is 393. The van der Waals surface area contributed by atoms with Crippen LogP contribution in [0.2, 0.25) is 0 Å². The summed E-state index contributed by atoms with van der Waals surface area (Å²) in [5.74, 6) is -0.104. The van der Waals surface area contributed by atoms with Crippen LogP contribution in [0.3, 0.4) is 0 Å². The fourth-order valence-electron chi connectivity index (χ4n) is 1.63. The molecule has 0 aliphatic carbocycles. The molecule has 0 saturated heterocycles. The largest absolute Gasteiger partial charge is 0.494 e. The van der Waals surface area contributed by atoms with E-state index >= 15 is 0 Å². The van der Waals surface area contributed by atoms with Crippen LogP contribution < -0.4 is 4.74 Å². The number of methoxy groups -OCH3 is 1. The second-order valence-corrected chi connectivity index (χ2v) is 3.73. The predicted octanol–water partition coefficient (Wildman–Crippen LogP) is 2.59. The highest BCUT2D eigenvalue weighted by molar-refractivity contribution is 5.75. The second-order valence-electron chi connectivity index (χ2n) is 3.73. The van der Waals surface area contributed by atoms with Crippen LogP contribution in [0.4, 0.5) is 4.39 Å². The lowest BCUT2D eigenvalue weighted by molar-refractivity contribution is -0.131. The molecule has 0 unspecified atom stereocenters. The average molecular weight is 239 g/mol. The van der Waals surface area contributed by atoms with E-state index in [9.17, 15) is 9.18 Å². The molecule has 0 aliphatic rings. The maximum atomic E-state index is 13.5. The zero-order chi connectivity index (χ0) is 12.8. The first-order valence-electron chi connectivity index (χ1n) is 5.72. The zero-order valence-electron chi connectivity index (χ0n) is 10.5. The number of carbonyl (C=O) groups excluding carboxylic acids is 1. The summed E-state index contributed by atoms with van der Waals surface area (Å²) in [6, 6.07) is 4.76. The van der Waals surface area contributed by atoms with Gasteiger partial charge >= 0.3 is 0 Å². The van der Waals surface area contributed by atoms with Gasteiger partial charge in [-0.05, 0) is 24.6 Å². The minimum absolute atomic E-state index is 0.0729. The van der Waals surface area contributed by atoms with Crippen molar-refractivity contribution in [3.63, 3.8) is 0 Å². The van der Waals surface area contributed by atoms with E-state index in [0.29, 0.717) is 19.5 Å². The maximum Gasteiger partial charge on any atom is 0.222 e. The lowest BCUT2D eigenvalue weighted by Crippen LogP contribution is -2.29. The number of benzene rings is 1. The van der Waals surface area contributed by atoms with Gasteiger partial charge in [-0.15, -0.1) is 0 Å². The molecule has 0 N–H and O–H groups in total. The Kier molecular flexibility index (Phi) is 4.94. The number of hydrogen-bond acceptors (Lipinski definition) is 2. The molecule has 17 heavy (non-hydrogen) atoms. The summed E-state index contributed by atoms with van der Waals surface area (Å²) in [5.41, 5.74) is 0.770. The average Bonchev–Trinajstić information content (AvgIpc) is 2.35. The standard InChI is InChI=1S/C13H18FNO2/c1-4-13(16)15(5-2)9-10-6-7-12(17-3)11(14)8-10/h6-8H,4-5,9H2,1-3H3. The molecule has 1 aromatic rings. The summed E-state index contributed by atoms with van der Waals surface area (Å²) in [5, 5.41) is 0. The molecular weight excluding hydrogens is 221 g/mol. The van der Waals surface area contributed by atoms with Gasteiger partial charge in [0, 0.05) is 19.5 Å². The summed E-state index contributed by atoms with van der Waals surface area (Å²) in [7, 11) is 1.43. The molecule has 0 atom stereocenters. The van der Waals surface area contributed by atoms with Gasteiger partial charge in [0.25, 0.3) is 0 Å². The van der Waals surface area contributed by atoms with E-state index in [4.69, 9.17) is 4.74 Å². The van der Waals surface area contributed by atoms with Gasteiger partial charge < -0.3 is 9.64 Å². The van der Waals surface area contributed by atoms with E-state index < -0.39 is 5.82 Å². The normalized spacial score (nSPS) is 10.1. The highest BCUT2D eigenvalue weighted by atomic mass is 19.1. The second kappa shape index (κ2) is 6.23. The van der Waals surface area contributed by atoms with E-state index in [1.54, 1.807) is 17.0 Å². The third-order valence-electron chi connectivity index (χ3n) is 2.63. The SMILES string of the molecule is CCC(=O)N(CC)Cc1ccc(OC)c(F)c1. The molecule has 0 fully saturated rings. The molecular formula is C13H18FNO2. The fraction of sp³-hybridized carbons (Fsp3) is 0.462. The molecule has 1 aromatic carbocycles. The van der Waals surface area contributed by atoms with Gasteiger partial charge in [-0.25, -0.2) is 4.39 Å². The quantitative estimate of drug-likeness (QED) is 0.790. The Balaban J connectivity index is 2.80. The Morgan fingerprint density at radius 3 is 2.59 bits per heavy atom. The van der Waals surface area contributed by atoms with Crippen LogP contribution in [0.25, 0.3) is 0 Å². The summed E-state index contributed by atoms with van der Waals surface area (Å²) in [6.07, 6.45) is 0.465. The highest BCUT2D eigenvalue weighted by Crippen LogP contribution is 2.18. The van der Waals surface area contributed by atoms with Gasteiger partial charge in [0.15, 0.2) is 11.6 Å². The maximum absolute atomic E-state index is 13.5. The topological polar surface area (TPSA) is 29.5 Å². The number of hydrogen-bond donors (Lipinski definition) is 0. The van der Waals surface area contributed by atoms with E-state index in [2.05, 4.69) is 0 Å². The molecule has 0 radical (unpaired) electrons. The third-order valence-corrected chi connectivity index (χ3v) is 2.63. The van der Waals surface area contributed by atoms with Gasteiger partial charge in [-0.2, -0.15) is 0 Å². The smallest absolute Gasteiger partial charge is 0.222 e. The Labute approximate surface area is 101 Å². The van der Waals surface area contributed by atoms with Crippen LogP contribution in [-0.4, -0.2) is 24.5 Å². The van der Waals surface area contributed by atoms with Crippen molar-refractivity contribution in [3.8, 4) is 5.75 Å². The number of halogens is 1. The molecule has 94 valence electrons. The van der Waals surface area contributed by atoms with Crippen LogP contribution in [0.1, 0.15) is 25.8 Å².